The number of hydrogen-bond donors (Lipinski definition) is 1. The van der Waals surface area contributed by atoms with Crippen LogP contribution in [0.25, 0.3) is 0 Å². The molecular formula is C10H7F3N2S. The molecule has 0 radical (unpaired) electrons. The molecule has 0 aliphatic heterocycles. The van der Waals surface area contributed by atoms with Crippen LogP contribution in [0, 0.1) is 17.5 Å². The molecular weight excluding hydrogens is 237 g/mol. The molecule has 0 spiro atoms. The molecule has 1 heterocycles. The number of benzene rings is 1. The van der Waals surface area contributed by atoms with E-state index in [9.17, 15) is 13.2 Å². The molecule has 16 heavy (non-hydrogen) atoms. The highest BCUT2D eigenvalue weighted by Gasteiger charge is 2.10. The number of anilines is 1. The van der Waals surface area contributed by atoms with Crippen LogP contribution in [-0.4, -0.2) is 4.98 Å². The summed E-state index contributed by atoms with van der Waals surface area (Å²) in [4.78, 5) is 3.94. The van der Waals surface area contributed by atoms with Gasteiger partial charge in [-0.1, -0.05) is 0 Å². The van der Waals surface area contributed by atoms with Crippen molar-refractivity contribution in [3.05, 3.63) is 46.7 Å². The highest BCUT2D eigenvalue weighted by atomic mass is 32.1. The summed E-state index contributed by atoms with van der Waals surface area (Å²) in [5.41, 5.74) is 0.326. The molecule has 84 valence electrons. The summed E-state index contributed by atoms with van der Waals surface area (Å²) in [5.74, 6) is -3.81. The Kier molecular flexibility index (Phi) is 3.09. The molecule has 2 aromatic rings. The zero-order chi connectivity index (χ0) is 11.5. The fourth-order valence-electron chi connectivity index (χ4n) is 1.20. The molecule has 1 aromatic carbocycles. The van der Waals surface area contributed by atoms with E-state index in [-0.39, 0.29) is 6.54 Å². The lowest BCUT2D eigenvalue weighted by molar-refractivity contribution is 0.445. The van der Waals surface area contributed by atoms with Gasteiger partial charge in [-0.3, -0.25) is 0 Å². The Labute approximate surface area is 93.8 Å². The van der Waals surface area contributed by atoms with E-state index in [1.165, 1.54) is 11.3 Å². The molecule has 1 aromatic heterocycles. The summed E-state index contributed by atoms with van der Waals surface area (Å²) in [5, 5.41) is 5.28. The highest BCUT2D eigenvalue weighted by Crippen LogP contribution is 2.16. The third kappa shape index (κ3) is 2.33. The standard InChI is InChI=1S/C10H7F3N2S/c11-7-3-6(4-8(12)9(7)13)5-15-10-14-1-2-16-10/h1-4H,5H2,(H,14,15). The number of hydrogen-bond acceptors (Lipinski definition) is 3. The number of nitrogens with one attached hydrogen (secondary N) is 1. The van der Waals surface area contributed by atoms with E-state index in [0.717, 1.165) is 12.1 Å². The zero-order valence-electron chi connectivity index (χ0n) is 8.01. The van der Waals surface area contributed by atoms with Crippen LogP contribution < -0.4 is 5.32 Å². The van der Waals surface area contributed by atoms with Crippen molar-refractivity contribution >= 4 is 16.5 Å². The van der Waals surface area contributed by atoms with Gasteiger partial charge in [0.2, 0.25) is 0 Å². The van der Waals surface area contributed by atoms with Gasteiger partial charge >= 0.3 is 0 Å². The van der Waals surface area contributed by atoms with Crippen molar-refractivity contribution in [3.63, 3.8) is 0 Å². The number of nitrogens with zero attached hydrogens (tertiary/aromatic N) is 1. The van der Waals surface area contributed by atoms with E-state index >= 15 is 0 Å². The fraction of sp³-hybridized carbons (Fsp3) is 0.100. The SMILES string of the molecule is Fc1cc(CNc2nccs2)cc(F)c1F. The van der Waals surface area contributed by atoms with Gasteiger partial charge in [0.15, 0.2) is 22.6 Å². The second-order valence-electron chi connectivity index (χ2n) is 3.06. The van der Waals surface area contributed by atoms with Crippen molar-refractivity contribution in [1.29, 1.82) is 0 Å². The minimum absolute atomic E-state index is 0.196. The van der Waals surface area contributed by atoms with Crippen LogP contribution in [0.1, 0.15) is 5.56 Å². The lowest BCUT2D eigenvalue weighted by Gasteiger charge is -2.04. The van der Waals surface area contributed by atoms with Crippen molar-refractivity contribution < 1.29 is 13.2 Å². The Morgan fingerprint density at radius 3 is 2.44 bits per heavy atom. The van der Waals surface area contributed by atoms with Gasteiger partial charge in [0.05, 0.1) is 0 Å². The summed E-state index contributed by atoms with van der Waals surface area (Å²) in [6.45, 7) is 0.196. The molecule has 2 rings (SSSR count). The first kappa shape index (κ1) is 10.9. The van der Waals surface area contributed by atoms with E-state index < -0.39 is 17.5 Å². The van der Waals surface area contributed by atoms with E-state index in [4.69, 9.17) is 0 Å². The molecule has 2 nitrogen and oxygen atoms in total. The van der Waals surface area contributed by atoms with Crippen LogP contribution in [0.4, 0.5) is 18.3 Å². The van der Waals surface area contributed by atoms with Gasteiger partial charge in [-0.15, -0.1) is 11.3 Å². The number of thiazole rings is 1. The molecule has 0 saturated heterocycles. The Morgan fingerprint density at radius 2 is 1.88 bits per heavy atom. The molecule has 0 unspecified atom stereocenters. The summed E-state index contributed by atoms with van der Waals surface area (Å²) in [6.07, 6.45) is 1.61. The van der Waals surface area contributed by atoms with Gasteiger partial charge in [-0.2, -0.15) is 0 Å². The minimum atomic E-state index is -1.45. The van der Waals surface area contributed by atoms with Gasteiger partial charge < -0.3 is 5.32 Å². The maximum Gasteiger partial charge on any atom is 0.194 e. The van der Waals surface area contributed by atoms with Crippen molar-refractivity contribution in [3.8, 4) is 0 Å². The predicted octanol–water partition coefficient (Wildman–Crippen LogP) is 3.17. The smallest absolute Gasteiger partial charge is 0.194 e. The summed E-state index contributed by atoms with van der Waals surface area (Å²) in [6, 6.07) is 1.91. The van der Waals surface area contributed by atoms with Gasteiger partial charge in [-0.05, 0) is 17.7 Å². The normalized spacial score (nSPS) is 10.4. The second-order valence-corrected chi connectivity index (χ2v) is 3.96. The molecule has 0 saturated carbocycles. The lowest BCUT2D eigenvalue weighted by Crippen LogP contribution is -2.01. The summed E-state index contributed by atoms with van der Waals surface area (Å²) in [7, 11) is 0. The third-order valence-electron chi connectivity index (χ3n) is 1.92. The maximum atomic E-state index is 12.9. The van der Waals surface area contributed by atoms with E-state index in [1.54, 1.807) is 11.6 Å². The van der Waals surface area contributed by atoms with Gasteiger partial charge in [-0.25, -0.2) is 18.2 Å². The van der Waals surface area contributed by atoms with E-state index in [0.29, 0.717) is 10.7 Å². The molecule has 0 bridgehead atoms. The Morgan fingerprint density at radius 1 is 1.19 bits per heavy atom. The van der Waals surface area contributed by atoms with Crippen molar-refractivity contribution in [2.75, 3.05) is 5.32 Å². The minimum Gasteiger partial charge on any atom is -0.357 e. The van der Waals surface area contributed by atoms with Gasteiger partial charge in [0.1, 0.15) is 0 Å². The predicted molar refractivity (Wildman–Crippen MR) is 55.8 cm³/mol. The van der Waals surface area contributed by atoms with E-state index in [1.807, 2.05) is 0 Å². The largest absolute Gasteiger partial charge is 0.357 e. The fourth-order valence-corrected chi connectivity index (χ4v) is 1.73. The molecule has 1 N–H and O–H groups in total. The molecule has 0 aliphatic rings. The Hall–Kier alpha value is -1.56. The summed E-state index contributed by atoms with van der Waals surface area (Å²) < 4.78 is 38.3. The first-order chi connectivity index (χ1) is 7.66. The highest BCUT2D eigenvalue weighted by molar-refractivity contribution is 7.13. The Bertz CT molecular complexity index is 462. The van der Waals surface area contributed by atoms with Crippen LogP contribution in [0.3, 0.4) is 0 Å². The monoisotopic (exact) mass is 244 g/mol. The van der Waals surface area contributed by atoms with Crippen molar-refractivity contribution in [2.45, 2.75) is 6.54 Å². The quantitative estimate of drug-likeness (QED) is 0.839. The first-order valence-corrected chi connectivity index (χ1v) is 5.31. The van der Waals surface area contributed by atoms with Crippen LogP contribution in [0.2, 0.25) is 0 Å². The first-order valence-electron chi connectivity index (χ1n) is 4.43. The molecule has 0 amide bonds. The topological polar surface area (TPSA) is 24.9 Å². The van der Waals surface area contributed by atoms with Crippen LogP contribution in [-0.2, 0) is 6.54 Å². The number of aromatic nitrogens is 1. The third-order valence-corrected chi connectivity index (χ3v) is 2.65. The second kappa shape index (κ2) is 4.52. The molecule has 0 fully saturated rings. The van der Waals surface area contributed by atoms with Gasteiger partial charge in [0, 0.05) is 18.1 Å². The summed E-state index contributed by atoms with van der Waals surface area (Å²) >= 11 is 1.37. The number of halogens is 3. The lowest BCUT2D eigenvalue weighted by atomic mass is 10.2. The van der Waals surface area contributed by atoms with E-state index in [2.05, 4.69) is 10.3 Å². The average molecular weight is 244 g/mol. The molecule has 6 heteroatoms. The van der Waals surface area contributed by atoms with Crippen molar-refractivity contribution in [2.24, 2.45) is 0 Å². The Balaban J connectivity index is 2.10. The van der Waals surface area contributed by atoms with Gasteiger partial charge in [0.25, 0.3) is 0 Å². The van der Waals surface area contributed by atoms with Crippen LogP contribution in [0.5, 0.6) is 0 Å². The van der Waals surface area contributed by atoms with Crippen molar-refractivity contribution in [1.82, 2.24) is 4.98 Å². The number of rotatable bonds is 3. The van der Waals surface area contributed by atoms with Crippen LogP contribution >= 0.6 is 11.3 Å². The van der Waals surface area contributed by atoms with Crippen LogP contribution in [0.15, 0.2) is 23.7 Å². The maximum absolute atomic E-state index is 12.9. The molecule has 0 aliphatic carbocycles. The molecule has 0 atom stereocenters. The average Bonchev–Trinajstić information content (AvgIpc) is 2.75. The zero-order valence-corrected chi connectivity index (χ0v) is 8.82.